The van der Waals surface area contributed by atoms with Crippen LogP contribution in [0, 0.1) is 0 Å². The summed E-state index contributed by atoms with van der Waals surface area (Å²) in [5.74, 6) is 0.290. The molecule has 0 spiro atoms. The largest absolute Gasteiger partial charge is 0.508 e. The molecular weight excluding hydrogens is 332 g/mol. The molecule has 2 aromatic rings. The maximum Gasteiger partial charge on any atom is 0.500 e. The number of hydrogen-bond acceptors (Lipinski definition) is 4. The van der Waals surface area contributed by atoms with E-state index in [1.807, 2.05) is 12.1 Å². The third-order valence-corrected chi connectivity index (χ3v) is 7.46. The van der Waals surface area contributed by atoms with Crippen LogP contribution in [0.3, 0.4) is 0 Å². The molecule has 0 heterocycles. The van der Waals surface area contributed by atoms with E-state index < -0.39 is 8.80 Å². The molecule has 0 amide bonds. The van der Waals surface area contributed by atoms with E-state index in [0.717, 1.165) is 36.4 Å². The third-order valence-electron chi connectivity index (χ3n) is 4.62. The van der Waals surface area contributed by atoms with Crippen molar-refractivity contribution in [2.75, 3.05) is 21.3 Å². The van der Waals surface area contributed by atoms with E-state index in [0.29, 0.717) is 0 Å². The monoisotopic (exact) mass is 360 g/mol. The lowest BCUT2D eigenvalue weighted by Crippen LogP contribution is -2.42. The van der Waals surface area contributed by atoms with Crippen molar-refractivity contribution in [1.29, 1.82) is 0 Å². The predicted octanol–water partition coefficient (Wildman–Crippen LogP) is 4.43. The quantitative estimate of drug-likeness (QED) is 0.672. The molecule has 2 aromatic carbocycles. The van der Waals surface area contributed by atoms with Crippen molar-refractivity contribution in [1.82, 2.24) is 0 Å². The van der Waals surface area contributed by atoms with Crippen LogP contribution in [0.15, 0.2) is 42.5 Å². The van der Waals surface area contributed by atoms with Crippen LogP contribution >= 0.6 is 0 Å². The highest BCUT2D eigenvalue weighted by atomic mass is 28.4. The number of phenolic OH excluding ortho intramolecular Hbond substituents is 1. The maximum absolute atomic E-state index is 9.90. The summed E-state index contributed by atoms with van der Waals surface area (Å²) in [6.07, 6.45) is 2.72. The highest BCUT2D eigenvalue weighted by Crippen LogP contribution is 2.29. The zero-order valence-corrected chi connectivity index (χ0v) is 16.5. The minimum absolute atomic E-state index is 0.290. The maximum atomic E-state index is 9.90. The van der Waals surface area contributed by atoms with Crippen molar-refractivity contribution >= 4 is 8.80 Å². The minimum Gasteiger partial charge on any atom is -0.508 e. The highest BCUT2D eigenvalue weighted by molar-refractivity contribution is 6.60. The number of benzene rings is 2. The Hall–Kier alpha value is -1.66. The summed E-state index contributed by atoms with van der Waals surface area (Å²) in [6, 6.07) is 14.9. The van der Waals surface area contributed by atoms with Gasteiger partial charge in [0.25, 0.3) is 0 Å². The van der Waals surface area contributed by atoms with Crippen LogP contribution < -0.4 is 0 Å². The van der Waals surface area contributed by atoms with E-state index in [1.54, 1.807) is 27.4 Å². The Morgan fingerprint density at radius 1 is 0.920 bits per heavy atom. The van der Waals surface area contributed by atoms with Gasteiger partial charge in [0.2, 0.25) is 0 Å². The molecule has 2 rings (SSSR count). The zero-order chi connectivity index (χ0) is 18.3. The summed E-state index contributed by atoms with van der Waals surface area (Å²) in [4.78, 5) is 0. The average molecular weight is 361 g/mol. The molecule has 5 heteroatoms. The third kappa shape index (κ3) is 4.92. The van der Waals surface area contributed by atoms with Crippen molar-refractivity contribution in [2.45, 2.75) is 32.2 Å². The van der Waals surface area contributed by atoms with Crippen LogP contribution in [0.4, 0.5) is 0 Å². The summed E-state index contributed by atoms with van der Waals surface area (Å²) >= 11 is 0. The van der Waals surface area contributed by atoms with E-state index in [9.17, 15) is 5.11 Å². The molecule has 0 saturated carbocycles. The molecule has 0 unspecified atom stereocenters. The first-order valence-electron chi connectivity index (χ1n) is 8.64. The van der Waals surface area contributed by atoms with Gasteiger partial charge in [-0.1, -0.05) is 37.3 Å². The first kappa shape index (κ1) is 19.7. The molecule has 0 aliphatic rings. The summed E-state index contributed by atoms with van der Waals surface area (Å²) in [5.41, 5.74) is 4.76. The number of aryl methyl sites for hydroxylation is 2. The van der Waals surface area contributed by atoms with Gasteiger partial charge in [-0.3, -0.25) is 0 Å². The van der Waals surface area contributed by atoms with Crippen LogP contribution in [0.5, 0.6) is 5.75 Å². The standard InChI is InChI=1S/C20H28O4Si/c1-5-16-8-10-17(11-9-16)20-13-12-19(21)15-18(20)7-6-14-25(22-2,23-3)24-4/h8-13,15,21H,5-7,14H2,1-4H3. The lowest BCUT2D eigenvalue weighted by molar-refractivity contribution is 0.123. The van der Waals surface area contributed by atoms with Crippen LogP contribution in [0.25, 0.3) is 11.1 Å². The second-order valence-electron chi connectivity index (χ2n) is 6.04. The molecular formula is C20H28O4Si. The minimum atomic E-state index is -2.56. The Morgan fingerprint density at radius 3 is 2.12 bits per heavy atom. The lowest BCUT2D eigenvalue weighted by atomic mass is 9.95. The first-order chi connectivity index (χ1) is 12.1. The van der Waals surface area contributed by atoms with Gasteiger partial charge in [0.1, 0.15) is 5.75 Å². The Kier molecular flexibility index (Phi) is 7.20. The Morgan fingerprint density at radius 2 is 1.56 bits per heavy atom. The molecule has 136 valence electrons. The van der Waals surface area contributed by atoms with Gasteiger partial charge in [0, 0.05) is 27.4 Å². The Balaban J connectivity index is 2.18. The Labute approximate surface area is 151 Å². The van der Waals surface area contributed by atoms with Gasteiger partial charge in [0.05, 0.1) is 0 Å². The van der Waals surface area contributed by atoms with Gasteiger partial charge >= 0.3 is 8.80 Å². The number of phenols is 1. The molecule has 25 heavy (non-hydrogen) atoms. The van der Waals surface area contributed by atoms with Crippen LogP contribution in [0.2, 0.25) is 6.04 Å². The summed E-state index contributed by atoms with van der Waals surface area (Å²) in [7, 11) is 2.34. The molecule has 1 N–H and O–H groups in total. The fourth-order valence-electron chi connectivity index (χ4n) is 3.04. The topological polar surface area (TPSA) is 47.9 Å². The normalized spacial score (nSPS) is 11.7. The van der Waals surface area contributed by atoms with Crippen LogP contribution in [0.1, 0.15) is 24.5 Å². The van der Waals surface area contributed by atoms with Gasteiger partial charge in [-0.25, -0.2) is 0 Å². The van der Waals surface area contributed by atoms with E-state index in [-0.39, 0.29) is 5.75 Å². The average Bonchev–Trinajstić information content (AvgIpc) is 2.66. The number of hydrogen-bond donors (Lipinski definition) is 1. The van der Waals surface area contributed by atoms with Gasteiger partial charge in [-0.05, 0) is 53.6 Å². The smallest absolute Gasteiger partial charge is 0.500 e. The summed E-state index contributed by atoms with van der Waals surface area (Å²) in [6.45, 7) is 2.15. The lowest BCUT2D eigenvalue weighted by Gasteiger charge is -2.24. The molecule has 0 aliphatic carbocycles. The highest BCUT2D eigenvalue weighted by Gasteiger charge is 2.36. The molecule has 0 fully saturated rings. The number of aromatic hydroxyl groups is 1. The van der Waals surface area contributed by atoms with Crippen LogP contribution in [-0.2, 0) is 26.1 Å². The van der Waals surface area contributed by atoms with E-state index >= 15 is 0 Å². The fraction of sp³-hybridized carbons (Fsp3) is 0.400. The van der Waals surface area contributed by atoms with E-state index in [1.165, 1.54) is 11.1 Å². The molecule has 0 atom stereocenters. The zero-order valence-electron chi connectivity index (χ0n) is 15.5. The second kappa shape index (κ2) is 9.15. The van der Waals surface area contributed by atoms with Crippen molar-refractivity contribution in [3.05, 3.63) is 53.6 Å². The molecule has 0 radical (unpaired) electrons. The molecule has 0 saturated heterocycles. The predicted molar refractivity (Wildman–Crippen MR) is 103 cm³/mol. The van der Waals surface area contributed by atoms with Crippen molar-refractivity contribution < 1.29 is 18.4 Å². The van der Waals surface area contributed by atoms with Gasteiger partial charge in [-0.15, -0.1) is 0 Å². The van der Waals surface area contributed by atoms with Crippen LogP contribution in [-0.4, -0.2) is 35.2 Å². The second-order valence-corrected chi connectivity index (χ2v) is 9.13. The van der Waals surface area contributed by atoms with Crippen molar-refractivity contribution in [2.24, 2.45) is 0 Å². The van der Waals surface area contributed by atoms with Crippen molar-refractivity contribution in [3.63, 3.8) is 0 Å². The van der Waals surface area contributed by atoms with E-state index in [2.05, 4.69) is 31.2 Å². The first-order valence-corrected chi connectivity index (χ1v) is 10.6. The Bertz CT molecular complexity index is 658. The molecule has 0 aromatic heterocycles. The molecule has 0 aliphatic heterocycles. The fourth-order valence-corrected chi connectivity index (χ4v) is 4.76. The summed E-state index contributed by atoms with van der Waals surface area (Å²) < 4.78 is 16.5. The van der Waals surface area contributed by atoms with E-state index in [4.69, 9.17) is 13.3 Å². The number of rotatable bonds is 9. The summed E-state index contributed by atoms with van der Waals surface area (Å²) in [5, 5.41) is 9.90. The molecule has 0 bridgehead atoms. The van der Waals surface area contributed by atoms with Gasteiger partial charge < -0.3 is 18.4 Å². The van der Waals surface area contributed by atoms with Gasteiger partial charge in [0.15, 0.2) is 0 Å². The SMILES string of the molecule is CCc1ccc(-c2ccc(O)cc2CCC[Si](OC)(OC)OC)cc1. The molecule has 4 nitrogen and oxygen atoms in total. The van der Waals surface area contributed by atoms with Gasteiger partial charge in [-0.2, -0.15) is 0 Å². The van der Waals surface area contributed by atoms with Crippen molar-refractivity contribution in [3.8, 4) is 16.9 Å².